The number of carbonyl (C=O) groups is 12. The molecule has 1 aromatic heterocycles. The third-order valence-electron chi connectivity index (χ3n) is 26.9. The summed E-state index contributed by atoms with van der Waals surface area (Å²) in [4.78, 5) is 165. The van der Waals surface area contributed by atoms with Crippen molar-refractivity contribution in [3.05, 3.63) is 277 Å². The third kappa shape index (κ3) is 22.9. The second-order valence-electron chi connectivity index (χ2n) is 36.1. The van der Waals surface area contributed by atoms with Crippen LogP contribution in [-0.4, -0.2) is 230 Å². The van der Waals surface area contributed by atoms with Crippen LogP contribution in [0.3, 0.4) is 0 Å². The number of nitrogens with zero attached hydrogens (tertiary/aromatic N) is 9. The molecule has 7 fully saturated rings. The topological polar surface area (TPSA) is 335 Å². The molecular weight excluding hydrogens is 1750 g/mol. The molecule has 7 aliphatic heterocycles. The largest absolute Gasteiger partial charge is 0.489 e. The normalized spacial score (nSPS) is 20.7. The van der Waals surface area contributed by atoms with Crippen molar-refractivity contribution in [2.45, 2.75) is 180 Å². The highest BCUT2D eigenvalue weighted by Crippen LogP contribution is 2.41. The summed E-state index contributed by atoms with van der Waals surface area (Å²) in [5, 5.41) is 0. The zero-order valence-corrected chi connectivity index (χ0v) is 76.1. The van der Waals surface area contributed by atoms with Gasteiger partial charge in [-0.15, -0.1) is 0 Å². The van der Waals surface area contributed by atoms with Crippen LogP contribution in [0.5, 0.6) is 23.0 Å². The predicted octanol–water partition coefficient (Wildman–Crippen LogP) is 11.0. The molecule has 3 saturated heterocycles. The second kappa shape index (κ2) is 42.8. The number of sulfone groups is 1. The molecule has 20 rings (SSSR count). The number of rotatable bonds is 25. The molecule has 0 spiro atoms. The summed E-state index contributed by atoms with van der Waals surface area (Å²) in [5.74, 6) is 1.01. The van der Waals surface area contributed by atoms with Gasteiger partial charge in [0.05, 0.1) is 120 Å². The lowest BCUT2D eigenvalue weighted by Crippen LogP contribution is -2.44. The lowest BCUT2D eigenvalue weighted by atomic mass is 9.92. The molecule has 29 nitrogen and oxygen atoms in total. The van der Waals surface area contributed by atoms with E-state index >= 15 is 0 Å². The predicted molar refractivity (Wildman–Crippen MR) is 491 cm³/mol. The molecule has 4 aliphatic carbocycles. The molecule has 135 heavy (non-hydrogen) atoms. The van der Waals surface area contributed by atoms with Crippen molar-refractivity contribution >= 4 is 79.7 Å². The molecule has 9 aromatic rings. The lowest BCUT2D eigenvalue weighted by Gasteiger charge is -2.29. The first-order valence-corrected chi connectivity index (χ1v) is 48.2. The molecule has 4 unspecified atom stereocenters. The number of Topliss-reactive ketones (excluding diaryl/α,β-unsaturated/α-hetero) is 8. The van der Waals surface area contributed by atoms with Crippen LogP contribution in [0.2, 0.25) is 0 Å². The zero-order chi connectivity index (χ0) is 93.8. The van der Waals surface area contributed by atoms with Gasteiger partial charge in [-0.1, -0.05) is 109 Å². The van der Waals surface area contributed by atoms with Gasteiger partial charge in [0.1, 0.15) is 78.4 Å². The van der Waals surface area contributed by atoms with E-state index in [0.29, 0.717) is 187 Å². The summed E-state index contributed by atoms with van der Waals surface area (Å²) in [6.45, 7) is 13.3. The highest BCUT2D eigenvalue weighted by Gasteiger charge is 2.45. The van der Waals surface area contributed by atoms with E-state index in [4.69, 9.17) is 28.4 Å². The maximum atomic E-state index is 14.7. The number of ketones is 8. The number of aromatic nitrogens is 2. The number of benzene rings is 8. The minimum absolute atomic E-state index is 0.0402. The van der Waals surface area contributed by atoms with Crippen LogP contribution in [-0.2, 0) is 136 Å². The van der Waals surface area contributed by atoms with Gasteiger partial charge >= 0.3 is 0 Å². The minimum atomic E-state index is -2.88. The van der Waals surface area contributed by atoms with E-state index in [1.165, 1.54) is 17.2 Å². The van der Waals surface area contributed by atoms with E-state index in [1.807, 2.05) is 77.5 Å². The minimum Gasteiger partial charge on any atom is -0.489 e. The Morgan fingerprint density at radius 3 is 1.04 bits per heavy atom. The SMILES string of the molecule is O=C1CCC(N2Cc3c(OCc4ccc(CCN5CCOCC5)cc4)cccc3C2=O)C(=O)C1.O=C1CCC(N2Cc3c(OCc4ccc(CN5CCOCC5)c(F)c4)cccc3C2=O)C(=O)C1.O=C1CCC(N2Cc3c(OCc4ccc(CN5CCS(=O)(=O)CC5)cc4)cccc3C2=O)C(=O)C1.O=C1CCC(N2Cc3c(OCc4ccc(Cn5ccnc5)cc4)cccc3C2=O)C(=O)C1. The van der Waals surface area contributed by atoms with Crippen LogP contribution in [0.4, 0.5) is 4.39 Å². The summed E-state index contributed by atoms with van der Waals surface area (Å²) < 4.78 is 74.9. The number of fused-ring (bicyclic) bond motifs is 4. The van der Waals surface area contributed by atoms with Crippen LogP contribution in [0.1, 0.15) is 185 Å². The molecule has 4 amide bonds. The molecule has 0 radical (unpaired) electrons. The van der Waals surface area contributed by atoms with Gasteiger partial charge in [-0.25, -0.2) is 17.8 Å². The highest BCUT2D eigenvalue weighted by atomic mass is 32.2. The van der Waals surface area contributed by atoms with Crippen molar-refractivity contribution in [3.63, 3.8) is 0 Å². The van der Waals surface area contributed by atoms with Gasteiger partial charge in [0.15, 0.2) is 33.0 Å². The quantitative estimate of drug-likeness (QED) is 0.0480. The first-order chi connectivity index (χ1) is 65.4. The first-order valence-electron chi connectivity index (χ1n) is 46.3. The van der Waals surface area contributed by atoms with Gasteiger partial charge in [0, 0.05) is 154 Å². The Bertz CT molecular complexity index is 6100. The highest BCUT2D eigenvalue weighted by molar-refractivity contribution is 7.91. The summed E-state index contributed by atoms with van der Waals surface area (Å²) in [6.07, 6.45) is 9.02. The number of halogens is 1. The number of hydrogen-bond acceptors (Lipinski definition) is 24. The summed E-state index contributed by atoms with van der Waals surface area (Å²) in [6, 6.07) is 49.2. The molecule has 4 saturated carbocycles. The maximum absolute atomic E-state index is 14.7. The Hall–Kier alpha value is -12.9. The Balaban J connectivity index is 0.000000125. The van der Waals surface area contributed by atoms with Crippen molar-refractivity contribution in [2.24, 2.45) is 0 Å². The van der Waals surface area contributed by atoms with Gasteiger partial charge in [0.25, 0.3) is 23.6 Å². The fraction of sp³-hybridized carbons (Fsp3) is 0.394. The van der Waals surface area contributed by atoms with Crippen LogP contribution >= 0.6 is 0 Å². The molecular formula is C104H108FN9O20S. The first kappa shape index (κ1) is 93.9. The Labute approximate surface area is 782 Å². The van der Waals surface area contributed by atoms with Gasteiger partial charge < -0.3 is 52.6 Å². The molecule has 31 heteroatoms. The summed E-state index contributed by atoms with van der Waals surface area (Å²) >= 11 is 0. The van der Waals surface area contributed by atoms with E-state index in [1.54, 1.807) is 86.7 Å². The van der Waals surface area contributed by atoms with Crippen molar-refractivity contribution in [1.29, 1.82) is 0 Å². The molecule has 702 valence electrons. The Morgan fingerprint density at radius 1 is 0.363 bits per heavy atom. The molecule has 0 bridgehead atoms. The molecule has 4 atom stereocenters. The summed E-state index contributed by atoms with van der Waals surface area (Å²) in [5.41, 5.74) is 13.3. The standard InChI is InChI=1S/C27H30N2O5.C26H27FN2O5.C26H28N2O6S.C25H23N3O4/c30-21-8-9-24(25(31)16-21)29-17-23-22(27(29)32)2-1-3-26(23)34-18-20-6-4-19(5-7-20)10-11-28-12-14-33-15-13-28;27-22-12-17(4-5-18(22)14-28-8-10-33-11-9-28)16-34-25-3-1-2-20-21(25)15-29(26(20)32)23-7-6-19(30)13-24(23)31;29-20-8-9-23(24(30)14-20)28-16-22-21(26(28)31)2-1-3-25(22)34-17-19-6-4-18(5-7-19)15-27-10-12-35(32,33)13-11-27;29-19-8-9-22(23(30)12-19)28-14-21-20(25(28)31)2-1-3-24(21)32-15-18-6-4-17(5-7-18)13-27-11-10-26-16-27/h1-7,24H,8-18H2;1-5,12,23H,6-11,13-16H2;1-7,23H,8-17H2;1-7,10-11,16,22H,8-9,12-15H2. The second-order valence-corrected chi connectivity index (χ2v) is 38.4. The van der Waals surface area contributed by atoms with Crippen LogP contribution in [0.25, 0.3) is 0 Å². The molecule has 8 aromatic carbocycles. The van der Waals surface area contributed by atoms with Crippen LogP contribution < -0.4 is 18.9 Å². The van der Waals surface area contributed by atoms with E-state index in [-0.39, 0.29) is 126 Å². The summed E-state index contributed by atoms with van der Waals surface area (Å²) in [7, 11) is -2.88. The third-order valence-corrected chi connectivity index (χ3v) is 28.5. The number of ether oxygens (including phenoxy) is 6. The maximum Gasteiger partial charge on any atom is 0.255 e. The van der Waals surface area contributed by atoms with E-state index < -0.39 is 34.0 Å². The van der Waals surface area contributed by atoms with Gasteiger partial charge in [-0.05, 0) is 126 Å². The zero-order valence-electron chi connectivity index (χ0n) is 75.3. The van der Waals surface area contributed by atoms with Crippen LogP contribution in [0, 0.1) is 5.82 Å². The van der Waals surface area contributed by atoms with Crippen LogP contribution in [0.15, 0.2) is 183 Å². The monoisotopic (exact) mass is 1850 g/mol. The number of imidazole rings is 1. The van der Waals surface area contributed by atoms with Gasteiger partial charge in [-0.2, -0.15) is 0 Å². The van der Waals surface area contributed by atoms with Crippen molar-refractivity contribution < 1.29 is 98.8 Å². The Kier molecular flexibility index (Phi) is 29.7. The smallest absolute Gasteiger partial charge is 0.255 e. The molecule has 11 aliphatic rings. The van der Waals surface area contributed by atoms with Gasteiger partial charge in [0.2, 0.25) is 0 Å². The average molecular weight is 1860 g/mol. The number of morpholine rings is 2. The van der Waals surface area contributed by atoms with Crippen molar-refractivity contribution in [3.8, 4) is 23.0 Å². The Morgan fingerprint density at radius 2 is 0.689 bits per heavy atom. The number of carbonyl (C=O) groups excluding carboxylic acids is 12. The van der Waals surface area contributed by atoms with Crippen molar-refractivity contribution in [1.82, 2.24) is 43.9 Å². The molecule has 8 heterocycles. The van der Waals surface area contributed by atoms with Gasteiger partial charge in [-0.3, -0.25) is 72.2 Å². The fourth-order valence-corrected chi connectivity index (χ4v) is 20.5. The van der Waals surface area contributed by atoms with E-state index in [0.717, 1.165) is 103 Å². The fourth-order valence-electron chi connectivity index (χ4n) is 19.2. The van der Waals surface area contributed by atoms with E-state index in [2.05, 4.69) is 56.1 Å². The van der Waals surface area contributed by atoms with E-state index in [9.17, 15) is 70.3 Å². The average Bonchev–Trinajstić information content (AvgIpc) is 1.64. The number of amides is 4. The lowest BCUT2D eigenvalue weighted by molar-refractivity contribution is -0.134. The number of hydrogen-bond donors (Lipinski definition) is 0. The molecule has 0 N–H and O–H groups in total. The van der Waals surface area contributed by atoms with Crippen molar-refractivity contribution in [2.75, 3.05) is 83.7 Å².